The highest BCUT2D eigenvalue weighted by Gasteiger charge is 2.33. The van der Waals surface area contributed by atoms with Crippen LogP contribution in [0.5, 0.6) is 0 Å². The minimum absolute atomic E-state index is 0.188. The maximum Gasteiger partial charge on any atom is 0.289 e. The molecule has 1 atom stereocenters. The number of hydrogen-bond donors (Lipinski definition) is 0. The van der Waals surface area contributed by atoms with E-state index in [-0.39, 0.29) is 23.6 Å². The minimum Gasteiger partial charge on any atom is -0.459 e. The fourth-order valence-electron chi connectivity index (χ4n) is 4.50. The van der Waals surface area contributed by atoms with Crippen LogP contribution in [0, 0.1) is 17.6 Å². The van der Waals surface area contributed by atoms with Gasteiger partial charge in [-0.05, 0) is 73.7 Å². The van der Waals surface area contributed by atoms with Gasteiger partial charge in [-0.2, -0.15) is 0 Å². The van der Waals surface area contributed by atoms with Crippen LogP contribution >= 0.6 is 0 Å². The molecule has 1 aliphatic heterocycles. The van der Waals surface area contributed by atoms with Crippen LogP contribution in [-0.4, -0.2) is 46.9 Å². The maximum absolute atomic E-state index is 14.4. The van der Waals surface area contributed by atoms with Crippen LogP contribution in [0.3, 0.4) is 0 Å². The molecule has 0 aliphatic carbocycles. The minimum atomic E-state index is -0.605. The summed E-state index contributed by atoms with van der Waals surface area (Å²) in [6.45, 7) is 2.59. The zero-order valence-corrected chi connectivity index (χ0v) is 18.1. The van der Waals surface area contributed by atoms with E-state index in [4.69, 9.17) is 4.42 Å². The number of carbonyl (C=O) groups is 1. The first kappa shape index (κ1) is 22.1. The molecule has 0 spiro atoms. The summed E-state index contributed by atoms with van der Waals surface area (Å²) in [5.41, 5.74) is 1.58. The van der Waals surface area contributed by atoms with Crippen molar-refractivity contribution < 1.29 is 18.0 Å². The maximum atomic E-state index is 14.4. The zero-order chi connectivity index (χ0) is 22.5. The van der Waals surface area contributed by atoms with Crippen molar-refractivity contribution in [2.75, 3.05) is 20.1 Å². The Morgan fingerprint density at radius 2 is 2.03 bits per heavy atom. The number of rotatable bonds is 7. The van der Waals surface area contributed by atoms with Gasteiger partial charge in [0.2, 0.25) is 0 Å². The number of carbonyl (C=O) groups excluding carboxylic acids is 1. The summed E-state index contributed by atoms with van der Waals surface area (Å²) in [7, 11) is 1.74. The van der Waals surface area contributed by atoms with E-state index in [1.165, 1.54) is 24.0 Å². The Labute approximate surface area is 186 Å². The van der Waals surface area contributed by atoms with E-state index in [9.17, 15) is 13.6 Å². The molecule has 1 aliphatic rings. The summed E-state index contributed by atoms with van der Waals surface area (Å²) in [4.78, 5) is 21.2. The average molecular weight is 440 g/mol. The lowest BCUT2D eigenvalue weighted by Crippen LogP contribution is -2.47. The quantitative estimate of drug-likeness (QED) is 0.542. The van der Waals surface area contributed by atoms with E-state index in [2.05, 4.69) is 16.0 Å². The van der Waals surface area contributed by atoms with Crippen LogP contribution < -0.4 is 0 Å². The van der Waals surface area contributed by atoms with Crippen molar-refractivity contribution in [1.29, 1.82) is 0 Å². The lowest BCUT2D eigenvalue weighted by Gasteiger charge is -2.40. The molecule has 4 rings (SSSR count). The monoisotopic (exact) mass is 439 g/mol. The first-order valence-corrected chi connectivity index (χ1v) is 10.9. The third kappa shape index (κ3) is 5.22. The highest BCUT2D eigenvalue weighted by Crippen LogP contribution is 2.29. The molecule has 32 heavy (non-hydrogen) atoms. The van der Waals surface area contributed by atoms with Crippen LogP contribution in [0.15, 0.2) is 65.5 Å². The third-order valence-electron chi connectivity index (χ3n) is 6.30. The first-order valence-electron chi connectivity index (χ1n) is 10.9. The number of hydrogen-bond acceptors (Lipinski definition) is 4. The number of piperidine rings is 1. The molecular formula is C25H27F2N3O2. The molecule has 0 saturated carbocycles. The second-order valence-electron chi connectivity index (χ2n) is 8.38. The molecule has 1 aromatic carbocycles. The van der Waals surface area contributed by atoms with Gasteiger partial charge in [0.15, 0.2) is 5.76 Å². The van der Waals surface area contributed by atoms with Gasteiger partial charge in [-0.1, -0.05) is 12.1 Å². The number of halogens is 2. The molecule has 1 saturated heterocycles. The van der Waals surface area contributed by atoms with Gasteiger partial charge >= 0.3 is 0 Å². The van der Waals surface area contributed by atoms with Crippen molar-refractivity contribution in [3.05, 3.63) is 89.6 Å². The summed E-state index contributed by atoms with van der Waals surface area (Å²) in [5, 5.41) is 0. The molecule has 3 heterocycles. The van der Waals surface area contributed by atoms with Gasteiger partial charge in [0.1, 0.15) is 11.6 Å². The summed E-state index contributed by atoms with van der Waals surface area (Å²) < 4.78 is 33.1. The number of amides is 1. The molecule has 1 amide bonds. The second-order valence-corrected chi connectivity index (χ2v) is 8.38. The number of likely N-dealkylation sites (N-methyl/N-ethyl adjacent to an activating group) is 1. The predicted molar refractivity (Wildman–Crippen MR) is 117 cm³/mol. The van der Waals surface area contributed by atoms with Gasteiger partial charge in [-0.25, -0.2) is 8.78 Å². The van der Waals surface area contributed by atoms with Crippen molar-refractivity contribution in [3.8, 4) is 0 Å². The van der Waals surface area contributed by atoms with E-state index in [0.717, 1.165) is 38.5 Å². The Bertz CT molecular complexity index is 1020. The lowest BCUT2D eigenvalue weighted by molar-refractivity contribution is 0.0554. The molecule has 0 unspecified atom stereocenters. The SMILES string of the molecule is CN(C(=O)c1ccco1)[C@@H](Cc1ccc(F)cc1F)C1CCN(Cc2cccnc2)CC1. The lowest BCUT2D eigenvalue weighted by atomic mass is 9.84. The molecule has 1 fully saturated rings. The summed E-state index contributed by atoms with van der Waals surface area (Å²) >= 11 is 0. The van der Waals surface area contributed by atoms with E-state index in [1.807, 2.05) is 12.3 Å². The predicted octanol–water partition coefficient (Wildman–Crippen LogP) is 4.55. The number of furan rings is 1. The highest BCUT2D eigenvalue weighted by atomic mass is 19.1. The largest absolute Gasteiger partial charge is 0.459 e. The van der Waals surface area contributed by atoms with Crippen LogP contribution in [0.2, 0.25) is 0 Å². The van der Waals surface area contributed by atoms with E-state index in [0.29, 0.717) is 12.0 Å². The van der Waals surface area contributed by atoms with Gasteiger partial charge < -0.3 is 9.32 Å². The van der Waals surface area contributed by atoms with Crippen LogP contribution in [0.4, 0.5) is 8.78 Å². The summed E-state index contributed by atoms with van der Waals surface area (Å²) in [6.07, 6.45) is 7.19. The smallest absolute Gasteiger partial charge is 0.289 e. The Hall–Kier alpha value is -3.06. The Morgan fingerprint density at radius 3 is 2.69 bits per heavy atom. The van der Waals surface area contributed by atoms with E-state index >= 15 is 0 Å². The molecular weight excluding hydrogens is 412 g/mol. The Balaban J connectivity index is 1.49. The van der Waals surface area contributed by atoms with Gasteiger partial charge in [0, 0.05) is 38.1 Å². The standard InChI is InChI=1S/C25H27F2N3O2/c1-29(25(31)24-5-3-13-32-24)23(14-20-6-7-21(26)15-22(20)27)19-8-11-30(12-9-19)17-18-4-2-10-28-16-18/h2-7,10,13,15-16,19,23H,8-9,11-12,14,17H2,1H3/t23-/m0/s1. The number of aromatic nitrogens is 1. The fraction of sp³-hybridized carbons (Fsp3) is 0.360. The summed E-state index contributed by atoms with van der Waals surface area (Å²) in [6, 6.07) is 10.7. The molecule has 0 bridgehead atoms. The third-order valence-corrected chi connectivity index (χ3v) is 6.30. The van der Waals surface area contributed by atoms with Gasteiger partial charge in [0.05, 0.1) is 6.26 Å². The second kappa shape index (κ2) is 10.0. The molecule has 0 radical (unpaired) electrons. The topological polar surface area (TPSA) is 49.6 Å². The van der Waals surface area contributed by atoms with Gasteiger partial charge in [-0.3, -0.25) is 14.7 Å². The Kier molecular flexibility index (Phi) is 6.95. The number of nitrogens with zero attached hydrogens (tertiary/aromatic N) is 3. The van der Waals surface area contributed by atoms with Crippen LogP contribution in [-0.2, 0) is 13.0 Å². The van der Waals surface area contributed by atoms with Crippen molar-refractivity contribution in [2.45, 2.75) is 31.8 Å². The summed E-state index contributed by atoms with van der Waals surface area (Å²) in [5.74, 6) is -0.977. The van der Waals surface area contributed by atoms with Crippen LogP contribution in [0.1, 0.15) is 34.5 Å². The van der Waals surface area contributed by atoms with Crippen LogP contribution in [0.25, 0.3) is 0 Å². The molecule has 2 aromatic heterocycles. The average Bonchev–Trinajstić information content (AvgIpc) is 3.34. The van der Waals surface area contributed by atoms with Crippen molar-refractivity contribution in [3.63, 3.8) is 0 Å². The van der Waals surface area contributed by atoms with E-state index in [1.54, 1.807) is 30.3 Å². The first-order chi connectivity index (χ1) is 15.5. The molecule has 5 nitrogen and oxygen atoms in total. The van der Waals surface area contributed by atoms with Crippen molar-refractivity contribution in [1.82, 2.24) is 14.8 Å². The zero-order valence-electron chi connectivity index (χ0n) is 18.1. The highest BCUT2D eigenvalue weighted by molar-refractivity contribution is 5.91. The molecule has 3 aromatic rings. The number of pyridine rings is 1. The molecule has 168 valence electrons. The number of benzene rings is 1. The molecule has 7 heteroatoms. The Morgan fingerprint density at radius 1 is 1.22 bits per heavy atom. The van der Waals surface area contributed by atoms with Crippen molar-refractivity contribution in [2.24, 2.45) is 5.92 Å². The fourth-order valence-corrected chi connectivity index (χ4v) is 4.50. The number of likely N-dealkylation sites (tertiary alicyclic amines) is 1. The molecule has 0 N–H and O–H groups in total. The van der Waals surface area contributed by atoms with Gasteiger partial charge in [-0.15, -0.1) is 0 Å². The van der Waals surface area contributed by atoms with Crippen molar-refractivity contribution >= 4 is 5.91 Å². The normalized spacial score (nSPS) is 16.1. The van der Waals surface area contributed by atoms with E-state index < -0.39 is 11.6 Å². The van der Waals surface area contributed by atoms with Gasteiger partial charge in [0.25, 0.3) is 5.91 Å².